The molecule has 0 fully saturated rings. The maximum Gasteiger partial charge on any atom is 0.404 e. The fraction of sp³-hybridized carbons (Fsp3) is 0.300. The fourth-order valence-corrected chi connectivity index (χ4v) is 1.90. The zero-order valence-electron chi connectivity index (χ0n) is 8.48. The second-order valence-electron chi connectivity index (χ2n) is 3.22. The topological polar surface area (TPSA) is 72.5 Å². The van der Waals surface area contributed by atoms with Gasteiger partial charge in [0.1, 0.15) is 12.2 Å². The van der Waals surface area contributed by atoms with Gasteiger partial charge >= 0.3 is 6.09 Å². The highest BCUT2D eigenvalue weighted by atomic mass is 35.5. The van der Waals surface area contributed by atoms with E-state index in [0.717, 1.165) is 0 Å². The van der Waals surface area contributed by atoms with Crippen molar-refractivity contribution in [3.63, 3.8) is 0 Å². The number of halogens is 2. The molecule has 16 heavy (non-hydrogen) atoms. The van der Waals surface area contributed by atoms with Crippen LogP contribution in [0.4, 0.5) is 4.79 Å². The molecule has 3 N–H and O–H groups in total. The molecule has 0 heterocycles. The Balaban J connectivity index is 2.95. The number of nitrogens with two attached hydrogens (primary N) is 1. The first-order valence-electron chi connectivity index (χ1n) is 4.51. The van der Waals surface area contributed by atoms with Gasteiger partial charge in [0, 0.05) is 15.6 Å². The minimum Gasteiger partial charge on any atom is -0.444 e. The largest absolute Gasteiger partial charge is 0.444 e. The van der Waals surface area contributed by atoms with Gasteiger partial charge in [-0.25, -0.2) is 4.79 Å². The molecule has 0 aliphatic carbocycles. The van der Waals surface area contributed by atoms with E-state index in [4.69, 9.17) is 28.9 Å². The van der Waals surface area contributed by atoms with Crippen molar-refractivity contribution in [3.05, 3.63) is 33.8 Å². The van der Waals surface area contributed by atoms with Crippen LogP contribution in [0.1, 0.15) is 18.6 Å². The van der Waals surface area contributed by atoms with E-state index in [0.29, 0.717) is 15.6 Å². The molecular formula is C10H11Cl2NO3. The van der Waals surface area contributed by atoms with Gasteiger partial charge in [-0.3, -0.25) is 0 Å². The number of carbonyl (C=O) groups is 1. The molecule has 0 aliphatic heterocycles. The SMILES string of the molecule is C[C@@H](OC(N)=O)[C@H](O)c1c(Cl)cccc1Cl. The highest BCUT2D eigenvalue weighted by Crippen LogP contribution is 2.32. The molecule has 0 saturated carbocycles. The average molecular weight is 264 g/mol. The summed E-state index contributed by atoms with van der Waals surface area (Å²) in [5.74, 6) is 0. The first kappa shape index (κ1) is 13.1. The number of aliphatic hydroxyl groups excluding tert-OH is 1. The van der Waals surface area contributed by atoms with Crippen molar-refractivity contribution in [2.75, 3.05) is 0 Å². The van der Waals surface area contributed by atoms with Crippen LogP contribution in [0.5, 0.6) is 0 Å². The summed E-state index contributed by atoms with van der Waals surface area (Å²) in [6.07, 6.45) is -2.90. The van der Waals surface area contributed by atoms with Gasteiger partial charge in [-0.15, -0.1) is 0 Å². The van der Waals surface area contributed by atoms with Gasteiger partial charge in [-0.2, -0.15) is 0 Å². The van der Waals surface area contributed by atoms with Crippen molar-refractivity contribution in [3.8, 4) is 0 Å². The lowest BCUT2D eigenvalue weighted by molar-refractivity contribution is 0.0159. The number of hydrogen-bond acceptors (Lipinski definition) is 3. The Kier molecular flexibility index (Phi) is 4.41. The molecule has 1 amide bonds. The fourth-order valence-electron chi connectivity index (χ4n) is 1.28. The molecule has 4 nitrogen and oxygen atoms in total. The molecule has 0 bridgehead atoms. The minimum absolute atomic E-state index is 0.305. The monoisotopic (exact) mass is 263 g/mol. The number of rotatable bonds is 3. The van der Waals surface area contributed by atoms with E-state index in [2.05, 4.69) is 4.74 Å². The zero-order chi connectivity index (χ0) is 12.3. The van der Waals surface area contributed by atoms with Crippen LogP contribution in [0, 0.1) is 0 Å². The Morgan fingerprint density at radius 3 is 2.38 bits per heavy atom. The molecule has 1 rings (SSSR count). The van der Waals surface area contributed by atoms with Crippen LogP contribution in [-0.2, 0) is 4.74 Å². The van der Waals surface area contributed by atoms with Gasteiger partial charge in [0.2, 0.25) is 0 Å². The smallest absolute Gasteiger partial charge is 0.404 e. The summed E-state index contributed by atoms with van der Waals surface area (Å²) >= 11 is 11.8. The summed E-state index contributed by atoms with van der Waals surface area (Å²) < 4.78 is 4.65. The average Bonchev–Trinajstić information content (AvgIpc) is 2.16. The Labute approximate surface area is 103 Å². The van der Waals surface area contributed by atoms with Crippen molar-refractivity contribution in [1.82, 2.24) is 0 Å². The quantitative estimate of drug-likeness (QED) is 0.880. The molecule has 0 unspecified atom stereocenters. The predicted octanol–water partition coefficient (Wildman–Crippen LogP) is 2.51. The first-order chi connectivity index (χ1) is 7.43. The maximum atomic E-state index is 10.5. The lowest BCUT2D eigenvalue weighted by atomic mass is 10.1. The Morgan fingerprint density at radius 1 is 1.44 bits per heavy atom. The molecule has 0 radical (unpaired) electrons. The van der Waals surface area contributed by atoms with E-state index in [1.54, 1.807) is 18.2 Å². The zero-order valence-corrected chi connectivity index (χ0v) is 10.00. The molecule has 0 aliphatic rings. The number of aliphatic hydroxyl groups is 1. The molecule has 1 aromatic rings. The number of carbonyl (C=O) groups excluding carboxylic acids is 1. The van der Waals surface area contributed by atoms with Crippen LogP contribution in [0.2, 0.25) is 10.0 Å². The van der Waals surface area contributed by atoms with E-state index in [1.807, 2.05) is 0 Å². The summed E-state index contributed by atoms with van der Waals surface area (Å²) in [6.45, 7) is 1.50. The van der Waals surface area contributed by atoms with Crippen LogP contribution >= 0.6 is 23.2 Å². The number of ether oxygens (including phenoxy) is 1. The van der Waals surface area contributed by atoms with Gasteiger partial charge in [-0.1, -0.05) is 29.3 Å². The summed E-state index contributed by atoms with van der Waals surface area (Å²) in [4.78, 5) is 10.5. The third kappa shape index (κ3) is 3.01. The normalized spacial score (nSPS) is 14.2. The summed E-state index contributed by atoms with van der Waals surface area (Å²) in [7, 11) is 0. The highest BCUT2D eigenvalue weighted by Gasteiger charge is 2.23. The van der Waals surface area contributed by atoms with Gasteiger partial charge in [0.15, 0.2) is 0 Å². The summed E-state index contributed by atoms with van der Waals surface area (Å²) in [5.41, 5.74) is 5.17. The molecule has 88 valence electrons. The maximum absolute atomic E-state index is 10.5. The van der Waals surface area contributed by atoms with Gasteiger partial charge < -0.3 is 15.6 Å². The number of amides is 1. The van der Waals surface area contributed by atoms with E-state index in [1.165, 1.54) is 6.92 Å². The lowest BCUT2D eigenvalue weighted by Gasteiger charge is -2.20. The minimum atomic E-state index is -1.12. The van der Waals surface area contributed by atoms with E-state index < -0.39 is 18.3 Å². The Morgan fingerprint density at radius 2 is 1.94 bits per heavy atom. The van der Waals surface area contributed by atoms with Crippen molar-refractivity contribution < 1.29 is 14.6 Å². The number of hydrogen-bond donors (Lipinski definition) is 2. The van der Waals surface area contributed by atoms with Crippen molar-refractivity contribution >= 4 is 29.3 Å². The second kappa shape index (κ2) is 5.39. The summed E-state index contributed by atoms with van der Waals surface area (Å²) in [6, 6.07) is 4.83. The Bertz CT molecular complexity index is 377. The number of benzene rings is 1. The number of primary amides is 1. The van der Waals surface area contributed by atoms with Crippen LogP contribution in [0.25, 0.3) is 0 Å². The standard InChI is InChI=1S/C10H11Cl2NO3/c1-5(16-10(13)15)9(14)8-6(11)3-2-4-7(8)12/h2-5,9,14H,1H3,(H2,13,15)/t5-,9+/m1/s1. The van der Waals surface area contributed by atoms with Crippen molar-refractivity contribution in [2.24, 2.45) is 5.73 Å². The van der Waals surface area contributed by atoms with Crippen LogP contribution in [0.3, 0.4) is 0 Å². The van der Waals surface area contributed by atoms with E-state index in [9.17, 15) is 9.90 Å². The molecule has 1 aromatic carbocycles. The highest BCUT2D eigenvalue weighted by molar-refractivity contribution is 6.36. The van der Waals surface area contributed by atoms with Gasteiger partial charge in [0.05, 0.1) is 0 Å². The van der Waals surface area contributed by atoms with E-state index in [-0.39, 0.29) is 0 Å². The van der Waals surface area contributed by atoms with Crippen LogP contribution < -0.4 is 5.73 Å². The molecule has 0 aromatic heterocycles. The van der Waals surface area contributed by atoms with Crippen molar-refractivity contribution in [2.45, 2.75) is 19.1 Å². The van der Waals surface area contributed by atoms with Crippen molar-refractivity contribution in [1.29, 1.82) is 0 Å². The lowest BCUT2D eigenvalue weighted by Crippen LogP contribution is -2.26. The van der Waals surface area contributed by atoms with Gasteiger partial charge in [-0.05, 0) is 19.1 Å². The molecular weight excluding hydrogens is 253 g/mol. The van der Waals surface area contributed by atoms with Crippen LogP contribution in [0.15, 0.2) is 18.2 Å². The molecule has 0 saturated heterocycles. The molecule has 2 atom stereocenters. The molecule has 0 spiro atoms. The third-order valence-electron chi connectivity index (χ3n) is 2.04. The third-order valence-corrected chi connectivity index (χ3v) is 2.70. The summed E-state index contributed by atoms with van der Waals surface area (Å²) in [5, 5.41) is 10.5. The molecule has 6 heteroatoms. The van der Waals surface area contributed by atoms with Crippen LogP contribution in [-0.4, -0.2) is 17.3 Å². The van der Waals surface area contributed by atoms with Gasteiger partial charge in [0.25, 0.3) is 0 Å². The van der Waals surface area contributed by atoms with E-state index >= 15 is 0 Å². The Hall–Kier alpha value is -0.970. The second-order valence-corrected chi connectivity index (χ2v) is 4.04. The first-order valence-corrected chi connectivity index (χ1v) is 5.27. The predicted molar refractivity (Wildman–Crippen MR) is 61.6 cm³/mol.